The Morgan fingerprint density at radius 3 is 2.96 bits per heavy atom. The molecule has 0 fully saturated rings. The number of anilines is 1. The average molecular weight is 383 g/mol. The molecule has 0 aliphatic carbocycles. The molecule has 9 heteroatoms. The lowest BCUT2D eigenvalue weighted by Gasteiger charge is -2.26. The van der Waals surface area contributed by atoms with Crippen molar-refractivity contribution in [3.8, 4) is 0 Å². The van der Waals surface area contributed by atoms with Gasteiger partial charge in [0, 0.05) is 36.8 Å². The molecule has 0 saturated carbocycles. The van der Waals surface area contributed by atoms with Gasteiger partial charge < -0.3 is 20.9 Å². The number of carbonyl (C=O) groups excluding carboxylic acids is 1. The van der Waals surface area contributed by atoms with Gasteiger partial charge >= 0.3 is 0 Å². The van der Waals surface area contributed by atoms with Gasteiger partial charge in [-0.3, -0.25) is 4.79 Å². The lowest BCUT2D eigenvalue weighted by Crippen LogP contribution is -2.45. The van der Waals surface area contributed by atoms with E-state index >= 15 is 0 Å². The summed E-state index contributed by atoms with van der Waals surface area (Å²) in [4.78, 5) is 26.9. The van der Waals surface area contributed by atoms with Gasteiger partial charge in [-0.2, -0.15) is 0 Å². The number of aromatic amines is 1. The quantitative estimate of drug-likeness (QED) is 0.747. The van der Waals surface area contributed by atoms with Crippen LogP contribution in [0.5, 0.6) is 0 Å². The SMILES string of the molecule is Cc1c[nH]c2ncnc(N3C=C(C(=O)NCC(C)(C)N)SCC3)c12.Cl. The first-order valence-electron chi connectivity index (χ1n) is 7.82. The molecule has 3 heterocycles. The number of thioether (sulfide) groups is 1. The Balaban J connectivity index is 0.00000225. The molecule has 0 saturated heterocycles. The minimum absolute atomic E-state index is 0. The highest BCUT2D eigenvalue weighted by atomic mass is 35.5. The van der Waals surface area contributed by atoms with Crippen molar-refractivity contribution in [1.82, 2.24) is 20.3 Å². The van der Waals surface area contributed by atoms with E-state index in [9.17, 15) is 4.79 Å². The number of aryl methyl sites for hydroxylation is 1. The molecule has 0 spiro atoms. The second kappa shape index (κ2) is 7.63. The van der Waals surface area contributed by atoms with Crippen molar-refractivity contribution >= 4 is 46.9 Å². The number of nitrogens with one attached hydrogen (secondary N) is 2. The topological polar surface area (TPSA) is 99.9 Å². The third kappa shape index (κ3) is 4.45. The summed E-state index contributed by atoms with van der Waals surface area (Å²) in [7, 11) is 0. The van der Waals surface area contributed by atoms with Crippen LogP contribution in [0.25, 0.3) is 11.0 Å². The Morgan fingerprint density at radius 1 is 1.48 bits per heavy atom. The number of aromatic nitrogens is 3. The van der Waals surface area contributed by atoms with Crippen molar-refractivity contribution in [2.75, 3.05) is 23.7 Å². The third-order valence-corrected chi connectivity index (χ3v) is 4.70. The third-order valence-electron chi connectivity index (χ3n) is 3.71. The number of hydrogen-bond acceptors (Lipinski definition) is 6. The minimum Gasteiger partial charge on any atom is -0.350 e. The lowest BCUT2D eigenvalue weighted by molar-refractivity contribution is -0.117. The molecule has 7 nitrogen and oxygen atoms in total. The lowest BCUT2D eigenvalue weighted by atomic mass is 10.1. The predicted octanol–water partition coefficient (Wildman–Crippen LogP) is 1.94. The molecule has 4 N–H and O–H groups in total. The predicted molar refractivity (Wildman–Crippen MR) is 105 cm³/mol. The van der Waals surface area contributed by atoms with E-state index in [1.165, 1.54) is 0 Å². The number of hydrogen-bond donors (Lipinski definition) is 3. The second-order valence-corrected chi connectivity index (χ2v) is 7.74. The summed E-state index contributed by atoms with van der Waals surface area (Å²) >= 11 is 1.55. The highest BCUT2D eigenvalue weighted by Crippen LogP contribution is 2.30. The maximum Gasteiger partial charge on any atom is 0.259 e. The zero-order valence-corrected chi connectivity index (χ0v) is 16.1. The Hall–Kier alpha value is -1.77. The van der Waals surface area contributed by atoms with Crippen molar-refractivity contribution in [3.05, 3.63) is 29.2 Å². The van der Waals surface area contributed by atoms with Crippen molar-refractivity contribution in [1.29, 1.82) is 0 Å². The molecule has 1 aliphatic rings. The summed E-state index contributed by atoms with van der Waals surface area (Å²) in [5.74, 6) is 1.54. The van der Waals surface area contributed by atoms with Crippen molar-refractivity contribution in [3.63, 3.8) is 0 Å². The van der Waals surface area contributed by atoms with Gasteiger partial charge in [0.1, 0.15) is 17.8 Å². The summed E-state index contributed by atoms with van der Waals surface area (Å²) < 4.78 is 0. The van der Waals surface area contributed by atoms with E-state index in [-0.39, 0.29) is 18.3 Å². The number of fused-ring (bicyclic) bond motifs is 1. The van der Waals surface area contributed by atoms with Crippen LogP contribution in [0, 0.1) is 6.92 Å². The summed E-state index contributed by atoms with van der Waals surface area (Å²) in [6, 6.07) is 0. The van der Waals surface area contributed by atoms with E-state index in [0.717, 1.165) is 34.7 Å². The largest absolute Gasteiger partial charge is 0.350 e. The normalized spacial score (nSPS) is 14.9. The van der Waals surface area contributed by atoms with E-state index in [1.54, 1.807) is 18.1 Å². The van der Waals surface area contributed by atoms with E-state index < -0.39 is 5.54 Å². The number of nitrogens with zero attached hydrogens (tertiary/aromatic N) is 3. The molecule has 1 amide bonds. The summed E-state index contributed by atoms with van der Waals surface area (Å²) in [6.07, 6.45) is 5.32. The fourth-order valence-corrected chi connectivity index (χ4v) is 3.41. The molecule has 0 bridgehead atoms. The molecule has 1 aliphatic heterocycles. The summed E-state index contributed by atoms with van der Waals surface area (Å²) in [5.41, 5.74) is 7.38. The van der Waals surface area contributed by atoms with Crippen LogP contribution in [-0.4, -0.2) is 45.2 Å². The maximum absolute atomic E-state index is 12.4. The van der Waals surface area contributed by atoms with Gasteiger partial charge in [0.2, 0.25) is 0 Å². The van der Waals surface area contributed by atoms with Crippen LogP contribution in [0.3, 0.4) is 0 Å². The molecule has 2 aromatic heterocycles. The standard InChI is InChI=1S/C16H22N6OS.ClH/c1-10-6-18-13-12(10)14(21-9-20-13)22-4-5-24-11(7-22)15(23)19-8-16(2,3)17;/h6-7,9H,4-5,8,17H2,1-3H3,(H,19,23)(H,18,20,21);1H. The Bertz CT molecular complexity index is 798. The first kappa shape index (κ1) is 19.6. The Kier molecular flexibility index (Phi) is 5.97. The number of halogens is 1. The smallest absolute Gasteiger partial charge is 0.259 e. The maximum atomic E-state index is 12.4. The minimum atomic E-state index is -0.434. The molecule has 3 rings (SSSR count). The molecular weight excluding hydrogens is 360 g/mol. The highest BCUT2D eigenvalue weighted by Gasteiger charge is 2.22. The first-order valence-corrected chi connectivity index (χ1v) is 8.81. The fourth-order valence-electron chi connectivity index (χ4n) is 2.50. The average Bonchev–Trinajstić information content (AvgIpc) is 2.93. The van der Waals surface area contributed by atoms with Crippen LogP contribution in [0.1, 0.15) is 19.4 Å². The molecular formula is C16H23ClN6OS. The van der Waals surface area contributed by atoms with Gasteiger partial charge in [-0.15, -0.1) is 24.2 Å². The van der Waals surface area contributed by atoms with E-state index in [2.05, 4.69) is 20.3 Å². The van der Waals surface area contributed by atoms with Gasteiger partial charge in [0.05, 0.1) is 10.3 Å². The zero-order chi connectivity index (χ0) is 17.3. The number of H-pyrrole nitrogens is 1. The van der Waals surface area contributed by atoms with Crippen LogP contribution in [0.15, 0.2) is 23.6 Å². The highest BCUT2D eigenvalue weighted by molar-refractivity contribution is 8.04. The molecule has 0 radical (unpaired) electrons. The van der Waals surface area contributed by atoms with Gasteiger partial charge in [-0.05, 0) is 26.3 Å². The number of rotatable bonds is 4. The van der Waals surface area contributed by atoms with Gasteiger partial charge in [-0.25, -0.2) is 9.97 Å². The number of nitrogens with two attached hydrogens (primary N) is 1. The summed E-state index contributed by atoms with van der Waals surface area (Å²) in [5, 5.41) is 3.88. The Morgan fingerprint density at radius 2 is 2.24 bits per heavy atom. The zero-order valence-electron chi connectivity index (χ0n) is 14.5. The van der Waals surface area contributed by atoms with Crippen molar-refractivity contribution in [2.24, 2.45) is 5.73 Å². The summed E-state index contributed by atoms with van der Waals surface area (Å²) in [6.45, 7) is 7.01. The van der Waals surface area contributed by atoms with Crippen LogP contribution < -0.4 is 16.0 Å². The van der Waals surface area contributed by atoms with E-state index in [0.29, 0.717) is 11.4 Å². The molecule has 136 valence electrons. The van der Waals surface area contributed by atoms with Crippen LogP contribution in [0.2, 0.25) is 0 Å². The van der Waals surface area contributed by atoms with Crippen molar-refractivity contribution in [2.45, 2.75) is 26.3 Å². The molecule has 0 unspecified atom stereocenters. The monoisotopic (exact) mass is 382 g/mol. The van der Waals surface area contributed by atoms with E-state index in [1.807, 2.05) is 38.1 Å². The van der Waals surface area contributed by atoms with Gasteiger partial charge in [0.25, 0.3) is 5.91 Å². The van der Waals surface area contributed by atoms with Crippen molar-refractivity contribution < 1.29 is 4.79 Å². The molecule has 0 aromatic carbocycles. The fraction of sp³-hybridized carbons (Fsp3) is 0.438. The molecule has 2 aromatic rings. The Labute approximate surface area is 157 Å². The van der Waals surface area contributed by atoms with Gasteiger partial charge in [-0.1, -0.05) is 0 Å². The molecule has 25 heavy (non-hydrogen) atoms. The van der Waals surface area contributed by atoms with Crippen LogP contribution in [-0.2, 0) is 4.79 Å². The second-order valence-electron chi connectivity index (χ2n) is 6.60. The van der Waals surface area contributed by atoms with E-state index in [4.69, 9.17) is 5.73 Å². The number of amides is 1. The van der Waals surface area contributed by atoms with Gasteiger partial charge in [0.15, 0.2) is 0 Å². The van der Waals surface area contributed by atoms with Crippen LogP contribution in [0.4, 0.5) is 5.82 Å². The van der Waals surface area contributed by atoms with Crippen LogP contribution >= 0.6 is 24.2 Å². The molecule has 0 atom stereocenters. The first-order chi connectivity index (χ1) is 11.3. The number of carbonyl (C=O) groups is 1.